The highest BCUT2D eigenvalue weighted by molar-refractivity contribution is 5.93. The van der Waals surface area contributed by atoms with E-state index in [2.05, 4.69) is 16.0 Å². The molecular formula is C20H25N3O3. The largest absolute Gasteiger partial charge is 0.483 e. The molecule has 0 unspecified atom stereocenters. The van der Waals surface area contributed by atoms with E-state index in [0.717, 1.165) is 16.9 Å². The highest BCUT2D eigenvalue weighted by atomic mass is 16.5. The number of anilines is 2. The van der Waals surface area contributed by atoms with Gasteiger partial charge in [-0.05, 0) is 63.1 Å². The van der Waals surface area contributed by atoms with E-state index in [0.29, 0.717) is 11.4 Å². The average Bonchev–Trinajstić information content (AvgIpc) is 2.55. The van der Waals surface area contributed by atoms with Crippen LogP contribution in [0.25, 0.3) is 0 Å². The van der Waals surface area contributed by atoms with Gasteiger partial charge in [0.15, 0.2) is 6.61 Å². The predicted octanol–water partition coefficient (Wildman–Crippen LogP) is 3.85. The van der Waals surface area contributed by atoms with Gasteiger partial charge < -0.3 is 20.7 Å². The van der Waals surface area contributed by atoms with Gasteiger partial charge in [0, 0.05) is 17.4 Å². The molecule has 6 nitrogen and oxygen atoms in total. The van der Waals surface area contributed by atoms with E-state index in [1.807, 2.05) is 45.9 Å². The molecule has 0 fully saturated rings. The molecule has 0 aliphatic rings. The van der Waals surface area contributed by atoms with Crippen LogP contribution in [-0.4, -0.2) is 24.6 Å². The molecule has 0 saturated heterocycles. The predicted molar refractivity (Wildman–Crippen MR) is 104 cm³/mol. The molecule has 2 rings (SSSR count). The van der Waals surface area contributed by atoms with Crippen LogP contribution in [0.4, 0.5) is 16.2 Å². The number of carbonyl (C=O) groups is 2. The number of urea groups is 1. The van der Waals surface area contributed by atoms with Crippen molar-refractivity contribution in [3.8, 4) is 5.75 Å². The third-order valence-corrected chi connectivity index (χ3v) is 3.60. The van der Waals surface area contributed by atoms with Crippen LogP contribution in [0.5, 0.6) is 5.75 Å². The molecule has 6 heteroatoms. The van der Waals surface area contributed by atoms with Crippen LogP contribution in [0.1, 0.15) is 25.0 Å². The molecule has 0 bridgehead atoms. The molecule has 0 aliphatic heterocycles. The number of hydrogen-bond acceptors (Lipinski definition) is 3. The number of nitrogens with one attached hydrogen (secondary N) is 3. The quantitative estimate of drug-likeness (QED) is 0.736. The molecule has 2 aromatic rings. The van der Waals surface area contributed by atoms with Crippen LogP contribution < -0.4 is 20.7 Å². The Morgan fingerprint density at radius 3 is 2.00 bits per heavy atom. The summed E-state index contributed by atoms with van der Waals surface area (Å²) in [6.45, 7) is 7.60. The molecule has 138 valence electrons. The Labute approximate surface area is 153 Å². The van der Waals surface area contributed by atoms with Crippen LogP contribution >= 0.6 is 0 Å². The van der Waals surface area contributed by atoms with E-state index >= 15 is 0 Å². The first-order chi connectivity index (χ1) is 12.3. The lowest BCUT2D eigenvalue weighted by Gasteiger charge is -2.12. The third-order valence-electron chi connectivity index (χ3n) is 3.60. The first kappa shape index (κ1) is 19.3. The molecule has 0 aliphatic carbocycles. The van der Waals surface area contributed by atoms with E-state index in [9.17, 15) is 9.59 Å². The van der Waals surface area contributed by atoms with Crippen molar-refractivity contribution in [3.63, 3.8) is 0 Å². The Kier molecular flexibility index (Phi) is 6.60. The van der Waals surface area contributed by atoms with Crippen molar-refractivity contribution in [2.75, 3.05) is 17.2 Å². The van der Waals surface area contributed by atoms with Crippen molar-refractivity contribution < 1.29 is 14.3 Å². The highest BCUT2D eigenvalue weighted by Gasteiger charge is 2.08. The minimum absolute atomic E-state index is 0.0606. The van der Waals surface area contributed by atoms with Crippen LogP contribution in [0.3, 0.4) is 0 Å². The number of rotatable bonds is 6. The summed E-state index contributed by atoms with van der Waals surface area (Å²) in [5, 5.41) is 8.24. The summed E-state index contributed by atoms with van der Waals surface area (Å²) in [6.07, 6.45) is 0. The van der Waals surface area contributed by atoms with Crippen molar-refractivity contribution in [2.24, 2.45) is 0 Å². The topological polar surface area (TPSA) is 79.5 Å². The zero-order valence-corrected chi connectivity index (χ0v) is 15.6. The number of ether oxygens (including phenoxy) is 1. The van der Waals surface area contributed by atoms with Crippen molar-refractivity contribution >= 4 is 23.3 Å². The van der Waals surface area contributed by atoms with Crippen molar-refractivity contribution in [1.82, 2.24) is 5.32 Å². The summed E-state index contributed by atoms with van der Waals surface area (Å²) in [6, 6.07) is 12.5. The fraction of sp³-hybridized carbons (Fsp3) is 0.300. The minimum atomic E-state index is -0.265. The van der Waals surface area contributed by atoms with Crippen LogP contribution in [0.2, 0.25) is 0 Å². The first-order valence-corrected chi connectivity index (χ1v) is 8.51. The molecule has 0 atom stereocenters. The summed E-state index contributed by atoms with van der Waals surface area (Å²) in [7, 11) is 0. The Balaban J connectivity index is 1.86. The zero-order chi connectivity index (χ0) is 19.1. The third kappa shape index (κ3) is 5.81. The van der Waals surface area contributed by atoms with Gasteiger partial charge in [-0.1, -0.05) is 18.2 Å². The van der Waals surface area contributed by atoms with Gasteiger partial charge in [0.05, 0.1) is 0 Å². The van der Waals surface area contributed by atoms with Gasteiger partial charge in [-0.15, -0.1) is 0 Å². The maximum absolute atomic E-state index is 12.1. The molecule has 3 N–H and O–H groups in total. The molecule has 0 radical (unpaired) electrons. The normalized spacial score (nSPS) is 10.3. The standard InChI is InChI=1S/C20H25N3O3/c1-13(2)21-20(25)23-17-10-8-16(9-11-17)22-18(24)12-26-19-14(3)6-5-7-15(19)4/h5-11,13H,12H2,1-4H3,(H,22,24)(H2,21,23,25). The summed E-state index contributed by atoms with van der Waals surface area (Å²) >= 11 is 0. The van der Waals surface area contributed by atoms with Gasteiger partial charge in [0.1, 0.15) is 5.75 Å². The summed E-state index contributed by atoms with van der Waals surface area (Å²) in [4.78, 5) is 23.7. The van der Waals surface area contributed by atoms with Crippen LogP contribution in [-0.2, 0) is 4.79 Å². The van der Waals surface area contributed by atoms with E-state index in [1.54, 1.807) is 24.3 Å². The number of hydrogen-bond donors (Lipinski definition) is 3. The molecule has 0 aromatic heterocycles. The van der Waals surface area contributed by atoms with Crippen LogP contribution in [0.15, 0.2) is 42.5 Å². The molecule has 3 amide bonds. The summed E-state index contributed by atoms with van der Waals surface area (Å²) in [5.41, 5.74) is 3.27. The monoisotopic (exact) mass is 355 g/mol. The van der Waals surface area contributed by atoms with Crippen molar-refractivity contribution in [2.45, 2.75) is 33.7 Å². The average molecular weight is 355 g/mol. The number of para-hydroxylation sites is 1. The lowest BCUT2D eigenvalue weighted by Crippen LogP contribution is -2.34. The van der Waals surface area contributed by atoms with Gasteiger partial charge in [0.2, 0.25) is 0 Å². The second kappa shape index (κ2) is 8.89. The fourth-order valence-corrected chi connectivity index (χ4v) is 2.43. The van der Waals surface area contributed by atoms with E-state index in [1.165, 1.54) is 0 Å². The first-order valence-electron chi connectivity index (χ1n) is 8.51. The lowest BCUT2D eigenvalue weighted by molar-refractivity contribution is -0.118. The van der Waals surface area contributed by atoms with Gasteiger partial charge in [-0.25, -0.2) is 4.79 Å². The minimum Gasteiger partial charge on any atom is -0.483 e. The number of amides is 3. The molecule has 26 heavy (non-hydrogen) atoms. The number of carbonyl (C=O) groups excluding carboxylic acids is 2. The SMILES string of the molecule is Cc1cccc(C)c1OCC(=O)Nc1ccc(NC(=O)NC(C)C)cc1. The van der Waals surface area contributed by atoms with Crippen molar-refractivity contribution in [1.29, 1.82) is 0 Å². The molecule has 2 aromatic carbocycles. The Morgan fingerprint density at radius 2 is 1.46 bits per heavy atom. The summed E-state index contributed by atoms with van der Waals surface area (Å²) in [5.74, 6) is 0.490. The Bertz CT molecular complexity index is 750. The van der Waals surface area contributed by atoms with Gasteiger partial charge in [-0.2, -0.15) is 0 Å². The second-order valence-electron chi connectivity index (χ2n) is 6.39. The zero-order valence-electron chi connectivity index (χ0n) is 15.6. The number of benzene rings is 2. The maximum atomic E-state index is 12.1. The molecule has 0 saturated carbocycles. The second-order valence-corrected chi connectivity index (χ2v) is 6.39. The highest BCUT2D eigenvalue weighted by Crippen LogP contribution is 2.22. The van der Waals surface area contributed by atoms with E-state index in [-0.39, 0.29) is 24.6 Å². The van der Waals surface area contributed by atoms with E-state index in [4.69, 9.17) is 4.74 Å². The molecular weight excluding hydrogens is 330 g/mol. The lowest BCUT2D eigenvalue weighted by atomic mass is 10.1. The van der Waals surface area contributed by atoms with Gasteiger partial charge >= 0.3 is 6.03 Å². The van der Waals surface area contributed by atoms with Gasteiger partial charge in [0.25, 0.3) is 5.91 Å². The summed E-state index contributed by atoms with van der Waals surface area (Å²) < 4.78 is 5.64. The number of aryl methyl sites for hydroxylation is 2. The van der Waals surface area contributed by atoms with Crippen molar-refractivity contribution in [3.05, 3.63) is 53.6 Å². The van der Waals surface area contributed by atoms with E-state index < -0.39 is 0 Å². The van der Waals surface area contributed by atoms with Gasteiger partial charge in [-0.3, -0.25) is 4.79 Å². The maximum Gasteiger partial charge on any atom is 0.319 e. The smallest absolute Gasteiger partial charge is 0.319 e. The molecule has 0 heterocycles. The fourth-order valence-electron chi connectivity index (χ4n) is 2.43. The Morgan fingerprint density at radius 1 is 0.923 bits per heavy atom. The Hall–Kier alpha value is -3.02. The molecule has 0 spiro atoms. The van der Waals surface area contributed by atoms with Crippen LogP contribution in [0, 0.1) is 13.8 Å².